The fourth-order valence-corrected chi connectivity index (χ4v) is 3.14. The third-order valence-corrected chi connectivity index (χ3v) is 5.04. The van der Waals surface area contributed by atoms with Crippen molar-refractivity contribution in [1.82, 2.24) is 0 Å². The Balaban J connectivity index is 1.37. The lowest BCUT2D eigenvalue weighted by molar-refractivity contribution is 0.0730. The first-order valence-corrected chi connectivity index (χ1v) is 10.3. The molecule has 158 valence electrons. The van der Waals surface area contributed by atoms with Gasteiger partial charge in [-0.25, -0.2) is 9.59 Å². The lowest BCUT2D eigenvalue weighted by atomic mass is 10.0. The van der Waals surface area contributed by atoms with Gasteiger partial charge in [-0.2, -0.15) is 0 Å². The highest BCUT2D eigenvalue weighted by atomic mass is 16.5. The summed E-state index contributed by atoms with van der Waals surface area (Å²) in [6, 6.07) is 29.0. The molecule has 0 fully saturated rings. The Morgan fingerprint density at radius 1 is 0.469 bits per heavy atom. The van der Waals surface area contributed by atoms with Crippen molar-refractivity contribution in [2.75, 3.05) is 0 Å². The fourth-order valence-electron chi connectivity index (χ4n) is 3.14. The molecule has 0 heterocycles. The van der Waals surface area contributed by atoms with Crippen LogP contribution in [0.2, 0.25) is 0 Å². The molecule has 4 rings (SSSR count). The number of ether oxygens (including phenoxy) is 2. The van der Waals surface area contributed by atoms with Crippen molar-refractivity contribution in [2.45, 2.75) is 13.8 Å². The number of benzene rings is 4. The maximum absolute atomic E-state index is 12.5. The molecule has 0 aliphatic heterocycles. The van der Waals surface area contributed by atoms with E-state index >= 15 is 0 Å². The molecule has 0 aliphatic rings. The van der Waals surface area contributed by atoms with E-state index in [1.54, 1.807) is 48.5 Å². The highest BCUT2D eigenvalue weighted by Gasteiger charge is 2.12. The van der Waals surface area contributed by atoms with E-state index in [1.807, 2.05) is 38.1 Å². The van der Waals surface area contributed by atoms with Gasteiger partial charge < -0.3 is 9.47 Å². The van der Waals surface area contributed by atoms with Crippen LogP contribution in [0, 0.1) is 13.8 Å². The van der Waals surface area contributed by atoms with Gasteiger partial charge >= 0.3 is 11.9 Å². The van der Waals surface area contributed by atoms with Crippen LogP contribution >= 0.6 is 0 Å². The number of hydrogen-bond acceptors (Lipinski definition) is 4. The van der Waals surface area contributed by atoms with Crippen LogP contribution in [0.5, 0.6) is 11.5 Å². The summed E-state index contributed by atoms with van der Waals surface area (Å²) in [7, 11) is 0. The summed E-state index contributed by atoms with van der Waals surface area (Å²) in [4.78, 5) is 24.7. The average molecular weight is 422 g/mol. The molecule has 0 aliphatic carbocycles. The number of hydrogen-bond donors (Lipinski definition) is 0. The van der Waals surface area contributed by atoms with E-state index in [2.05, 4.69) is 24.3 Å². The van der Waals surface area contributed by atoms with E-state index in [0.717, 1.165) is 16.7 Å². The van der Waals surface area contributed by atoms with Gasteiger partial charge in [0.25, 0.3) is 0 Å². The quantitative estimate of drug-likeness (QED) is 0.275. The molecule has 4 aromatic carbocycles. The zero-order valence-corrected chi connectivity index (χ0v) is 17.9. The predicted octanol–water partition coefficient (Wildman–Crippen LogP) is 6.41. The number of carbonyl (C=O) groups is 2. The molecule has 0 N–H and O–H groups in total. The van der Waals surface area contributed by atoms with Crippen molar-refractivity contribution in [1.29, 1.82) is 0 Å². The number of carbonyl (C=O) groups excluding carboxylic acids is 2. The Morgan fingerprint density at radius 3 is 1.22 bits per heavy atom. The third-order valence-electron chi connectivity index (χ3n) is 5.04. The van der Waals surface area contributed by atoms with Crippen molar-refractivity contribution in [3.63, 3.8) is 0 Å². The van der Waals surface area contributed by atoms with Gasteiger partial charge in [0.1, 0.15) is 11.5 Å². The number of rotatable bonds is 5. The molecule has 0 unspecified atom stereocenters. The van der Waals surface area contributed by atoms with Crippen LogP contribution in [0.4, 0.5) is 0 Å². The van der Waals surface area contributed by atoms with Crippen molar-refractivity contribution in [3.8, 4) is 22.6 Å². The van der Waals surface area contributed by atoms with E-state index < -0.39 is 11.9 Å². The maximum atomic E-state index is 12.5. The Bertz CT molecular complexity index is 1220. The molecule has 0 saturated heterocycles. The van der Waals surface area contributed by atoms with Crippen molar-refractivity contribution in [3.05, 3.63) is 119 Å². The van der Waals surface area contributed by atoms with Gasteiger partial charge in [-0.3, -0.25) is 0 Å². The minimum atomic E-state index is -0.482. The lowest BCUT2D eigenvalue weighted by Gasteiger charge is -2.08. The Hall–Kier alpha value is -4.18. The predicted molar refractivity (Wildman–Crippen MR) is 124 cm³/mol. The van der Waals surface area contributed by atoms with E-state index in [9.17, 15) is 9.59 Å². The van der Waals surface area contributed by atoms with Crippen molar-refractivity contribution >= 4 is 11.9 Å². The van der Waals surface area contributed by atoms with Gasteiger partial charge in [-0.1, -0.05) is 59.7 Å². The second-order valence-corrected chi connectivity index (χ2v) is 7.56. The normalized spacial score (nSPS) is 10.4. The van der Waals surface area contributed by atoms with Gasteiger partial charge in [0, 0.05) is 0 Å². The maximum Gasteiger partial charge on any atom is 0.343 e. The summed E-state index contributed by atoms with van der Waals surface area (Å²) in [5.41, 5.74) is 5.24. The second-order valence-electron chi connectivity index (χ2n) is 7.56. The molecule has 0 amide bonds. The van der Waals surface area contributed by atoms with E-state index in [-0.39, 0.29) is 0 Å². The molecular formula is C28H22O4. The van der Waals surface area contributed by atoms with Crippen LogP contribution in [0.15, 0.2) is 97.1 Å². The summed E-state index contributed by atoms with van der Waals surface area (Å²) in [5.74, 6) is -0.117. The monoisotopic (exact) mass is 422 g/mol. The van der Waals surface area contributed by atoms with E-state index in [1.165, 1.54) is 5.56 Å². The molecule has 0 saturated carbocycles. The smallest absolute Gasteiger partial charge is 0.343 e. The molecule has 0 bridgehead atoms. The molecule has 4 aromatic rings. The molecule has 4 nitrogen and oxygen atoms in total. The van der Waals surface area contributed by atoms with Gasteiger partial charge in [0.15, 0.2) is 0 Å². The molecule has 0 atom stereocenters. The molecule has 32 heavy (non-hydrogen) atoms. The van der Waals surface area contributed by atoms with E-state index in [4.69, 9.17) is 9.47 Å². The molecule has 0 spiro atoms. The van der Waals surface area contributed by atoms with Gasteiger partial charge in [-0.15, -0.1) is 0 Å². The zero-order chi connectivity index (χ0) is 22.5. The minimum Gasteiger partial charge on any atom is -0.423 e. The second kappa shape index (κ2) is 9.31. The van der Waals surface area contributed by atoms with Crippen LogP contribution in [0.1, 0.15) is 31.8 Å². The van der Waals surface area contributed by atoms with Crippen LogP contribution < -0.4 is 9.47 Å². The van der Waals surface area contributed by atoms with Crippen molar-refractivity contribution < 1.29 is 19.1 Å². The largest absolute Gasteiger partial charge is 0.423 e. The van der Waals surface area contributed by atoms with Crippen LogP contribution in [-0.2, 0) is 0 Å². The standard InChI is InChI=1S/C28H22O4/c1-19-3-7-21(8-4-19)22-11-15-25(16-12-22)31-28(30)24-13-17-26(18-14-24)32-27(29)23-9-5-20(2)6-10-23/h3-18H,1-2H3. The Kier molecular flexibility index (Phi) is 6.13. The summed E-state index contributed by atoms with van der Waals surface area (Å²) >= 11 is 0. The average Bonchev–Trinajstić information content (AvgIpc) is 2.81. The summed E-state index contributed by atoms with van der Waals surface area (Å²) in [6.07, 6.45) is 0. The third kappa shape index (κ3) is 5.10. The fraction of sp³-hybridized carbons (Fsp3) is 0.0714. The zero-order valence-electron chi connectivity index (χ0n) is 17.9. The Morgan fingerprint density at radius 2 is 0.781 bits per heavy atom. The topological polar surface area (TPSA) is 52.6 Å². The first-order chi connectivity index (χ1) is 15.5. The SMILES string of the molecule is Cc1ccc(C(=O)Oc2ccc(C(=O)Oc3ccc(-c4ccc(C)cc4)cc3)cc2)cc1. The van der Waals surface area contributed by atoms with Gasteiger partial charge in [0.2, 0.25) is 0 Å². The molecule has 4 heteroatoms. The molecular weight excluding hydrogens is 400 g/mol. The van der Waals surface area contributed by atoms with Gasteiger partial charge in [-0.05, 0) is 73.5 Å². The summed E-state index contributed by atoms with van der Waals surface area (Å²) < 4.78 is 10.8. The molecule has 0 radical (unpaired) electrons. The first-order valence-electron chi connectivity index (χ1n) is 10.3. The number of esters is 2. The van der Waals surface area contributed by atoms with E-state index in [0.29, 0.717) is 22.6 Å². The lowest BCUT2D eigenvalue weighted by Crippen LogP contribution is -2.10. The highest BCUT2D eigenvalue weighted by molar-refractivity contribution is 5.92. The summed E-state index contributed by atoms with van der Waals surface area (Å²) in [5, 5.41) is 0. The minimum absolute atomic E-state index is 0.356. The highest BCUT2D eigenvalue weighted by Crippen LogP contribution is 2.23. The number of aryl methyl sites for hydroxylation is 2. The Labute approximate surface area is 187 Å². The van der Waals surface area contributed by atoms with Crippen LogP contribution in [0.25, 0.3) is 11.1 Å². The summed E-state index contributed by atoms with van der Waals surface area (Å²) in [6.45, 7) is 4.00. The van der Waals surface area contributed by atoms with Gasteiger partial charge in [0.05, 0.1) is 11.1 Å². The van der Waals surface area contributed by atoms with Crippen molar-refractivity contribution in [2.24, 2.45) is 0 Å². The van der Waals surface area contributed by atoms with Crippen LogP contribution in [-0.4, -0.2) is 11.9 Å². The molecule has 0 aromatic heterocycles. The first kappa shape index (κ1) is 21.1. The van der Waals surface area contributed by atoms with Crippen LogP contribution in [0.3, 0.4) is 0 Å².